The summed E-state index contributed by atoms with van der Waals surface area (Å²) in [4.78, 5) is 11.5. The predicted molar refractivity (Wildman–Crippen MR) is 39.2 cm³/mol. The maximum Gasteiger partial charge on any atom is 0.309 e. The third-order valence-corrected chi connectivity index (χ3v) is 1.69. The molecule has 0 bridgehead atoms. The van der Waals surface area contributed by atoms with E-state index in [2.05, 4.69) is 13.8 Å². The van der Waals surface area contributed by atoms with Gasteiger partial charge in [0.05, 0.1) is 26.1 Å². The summed E-state index contributed by atoms with van der Waals surface area (Å²) in [7, 11) is 0. The van der Waals surface area contributed by atoms with E-state index in [1.165, 1.54) is 4.90 Å². The van der Waals surface area contributed by atoms with Crippen LogP contribution in [-0.4, -0.2) is 30.7 Å². The first-order valence-electron chi connectivity index (χ1n) is 3.76. The summed E-state index contributed by atoms with van der Waals surface area (Å²) >= 11 is 0. The fourth-order valence-electron chi connectivity index (χ4n) is 0.887. The molecule has 0 fully saturated rings. The van der Waals surface area contributed by atoms with Crippen molar-refractivity contribution in [2.45, 2.75) is 20.3 Å². The molecule has 0 rings (SSSR count). The minimum Gasteiger partial charge on any atom is -0.481 e. The molecule has 10 heavy (non-hydrogen) atoms. The molecule has 60 valence electrons. The van der Waals surface area contributed by atoms with Gasteiger partial charge in [-0.1, -0.05) is 0 Å². The first kappa shape index (κ1) is 9.43. The molecular weight excluding hydrogens is 130 g/mol. The van der Waals surface area contributed by atoms with Gasteiger partial charge in [-0.3, -0.25) is 4.79 Å². The van der Waals surface area contributed by atoms with E-state index in [9.17, 15) is 4.79 Å². The summed E-state index contributed by atoms with van der Waals surface area (Å²) in [6.07, 6.45) is 0.289. The maximum absolute atomic E-state index is 10.1. The van der Waals surface area contributed by atoms with Crippen molar-refractivity contribution in [2.75, 3.05) is 19.6 Å². The summed E-state index contributed by atoms with van der Waals surface area (Å²) in [5.74, 6) is -0.695. The van der Waals surface area contributed by atoms with Crippen LogP contribution < -0.4 is 4.90 Å². The summed E-state index contributed by atoms with van der Waals surface area (Å²) in [5.41, 5.74) is 0. The first-order valence-corrected chi connectivity index (χ1v) is 3.76. The lowest BCUT2D eigenvalue weighted by molar-refractivity contribution is -0.895. The number of hydrogen-bond acceptors (Lipinski definition) is 1. The van der Waals surface area contributed by atoms with Crippen LogP contribution in [0.4, 0.5) is 0 Å². The fourth-order valence-corrected chi connectivity index (χ4v) is 0.887. The molecule has 0 aromatic rings. The SMILES string of the molecule is CC[NH+](CC)CCC(=O)O. The normalized spacial score (nSPS) is 10.3. The van der Waals surface area contributed by atoms with Crippen LogP contribution in [0.15, 0.2) is 0 Å². The third kappa shape index (κ3) is 4.32. The van der Waals surface area contributed by atoms with Gasteiger partial charge in [-0.05, 0) is 13.8 Å². The third-order valence-electron chi connectivity index (χ3n) is 1.69. The second-order valence-electron chi connectivity index (χ2n) is 2.35. The van der Waals surface area contributed by atoms with Gasteiger partial charge in [-0.25, -0.2) is 0 Å². The molecule has 0 aromatic heterocycles. The molecule has 3 heteroatoms. The summed E-state index contributed by atoms with van der Waals surface area (Å²) < 4.78 is 0. The van der Waals surface area contributed by atoms with Gasteiger partial charge in [0.25, 0.3) is 0 Å². The molecular formula is C7H16NO2+. The highest BCUT2D eigenvalue weighted by Gasteiger charge is 2.04. The Kier molecular flexibility index (Phi) is 4.94. The highest BCUT2D eigenvalue weighted by atomic mass is 16.4. The number of nitrogens with one attached hydrogen (secondary N) is 1. The standard InChI is InChI=1S/C7H15NO2/c1-3-8(4-2)6-5-7(9)10/h3-6H2,1-2H3,(H,9,10)/p+1. The molecule has 3 nitrogen and oxygen atoms in total. The predicted octanol–water partition coefficient (Wildman–Crippen LogP) is -0.614. The smallest absolute Gasteiger partial charge is 0.309 e. The summed E-state index contributed by atoms with van der Waals surface area (Å²) in [6, 6.07) is 0. The van der Waals surface area contributed by atoms with Crippen molar-refractivity contribution in [3.63, 3.8) is 0 Å². The van der Waals surface area contributed by atoms with Crippen LogP contribution in [-0.2, 0) is 4.79 Å². The molecule has 0 saturated heterocycles. The van der Waals surface area contributed by atoms with E-state index in [4.69, 9.17) is 5.11 Å². The van der Waals surface area contributed by atoms with Crippen LogP contribution in [0, 0.1) is 0 Å². The van der Waals surface area contributed by atoms with Crippen molar-refractivity contribution in [1.82, 2.24) is 0 Å². The highest BCUT2D eigenvalue weighted by molar-refractivity contribution is 5.66. The summed E-state index contributed by atoms with van der Waals surface area (Å²) in [5, 5.41) is 8.34. The molecule has 2 N–H and O–H groups in total. The molecule has 0 atom stereocenters. The molecule has 0 aliphatic carbocycles. The number of carboxylic acid groups (broad SMARTS) is 1. The van der Waals surface area contributed by atoms with Gasteiger partial charge in [0.1, 0.15) is 0 Å². The van der Waals surface area contributed by atoms with E-state index in [-0.39, 0.29) is 6.42 Å². The zero-order valence-corrected chi connectivity index (χ0v) is 6.68. The molecule has 0 aliphatic rings. The first-order chi connectivity index (χ1) is 4.70. The number of carbonyl (C=O) groups is 1. The Balaban J connectivity index is 3.34. The number of rotatable bonds is 5. The van der Waals surface area contributed by atoms with Crippen LogP contribution in [0.1, 0.15) is 20.3 Å². The van der Waals surface area contributed by atoms with E-state index in [1.54, 1.807) is 0 Å². The van der Waals surface area contributed by atoms with Gasteiger partial charge in [-0.2, -0.15) is 0 Å². The van der Waals surface area contributed by atoms with Crippen molar-refractivity contribution in [1.29, 1.82) is 0 Å². The number of aliphatic carboxylic acids is 1. The number of carboxylic acids is 1. The number of quaternary nitrogens is 1. The Morgan fingerprint density at radius 3 is 2.20 bits per heavy atom. The lowest BCUT2D eigenvalue weighted by Gasteiger charge is -2.12. The van der Waals surface area contributed by atoms with Gasteiger partial charge in [0, 0.05) is 0 Å². The number of hydrogen-bond donors (Lipinski definition) is 2. The molecule has 0 saturated carbocycles. The van der Waals surface area contributed by atoms with Crippen LogP contribution >= 0.6 is 0 Å². The quantitative estimate of drug-likeness (QED) is 0.543. The Hall–Kier alpha value is -0.570. The van der Waals surface area contributed by atoms with Crippen molar-refractivity contribution in [2.24, 2.45) is 0 Å². The second kappa shape index (κ2) is 5.23. The average molecular weight is 146 g/mol. The van der Waals surface area contributed by atoms with Gasteiger partial charge >= 0.3 is 5.97 Å². The van der Waals surface area contributed by atoms with E-state index >= 15 is 0 Å². The van der Waals surface area contributed by atoms with Crippen molar-refractivity contribution >= 4 is 5.97 Å². The largest absolute Gasteiger partial charge is 0.481 e. The molecule has 0 heterocycles. The topological polar surface area (TPSA) is 41.7 Å². The van der Waals surface area contributed by atoms with Gasteiger partial charge in [-0.15, -0.1) is 0 Å². The zero-order valence-electron chi connectivity index (χ0n) is 6.68. The lowest BCUT2D eigenvalue weighted by atomic mass is 10.4. The highest BCUT2D eigenvalue weighted by Crippen LogP contribution is 1.70. The molecule has 0 radical (unpaired) electrons. The Morgan fingerprint density at radius 1 is 1.40 bits per heavy atom. The van der Waals surface area contributed by atoms with E-state index in [1.807, 2.05) is 0 Å². The van der Waals surface area contributed by atoms with Gasteiger partial charge < -0.3 is 10.0 Å². The van der Waals surface area contributed by atoms with E-state index in [0.29, 0.717) is 0 Å². The van der Waals surface area contributed by atoms with Crippen molar-refractivity contribution in [3.8, 4) is 0 Å². The van der Waals surface area contributed by atoms with Crippen LogP contribution in [0.2, 0.25) is 0 Å². The average Bonchev–Trinajstić information content (AvgIpc) is 1.90. The van der Waals surface area contributed by atoms with Crippen LogP contribution in [0.25, 0.3) is 0 Å². The molecule has 0 unspecified atom stereocenters. The maximum atomic E-state index is 10.1. The van der Waals surface area contributed by atoms with Crippen LogP contribution in [0.5, 0.6) is 0 Å². The van der Waals surface area contributed by atoms with E-state index in [0.717, 1.165) is 19.6 Å². The Morgan fingerprint density at radius 2 is 1.90 bits per heavy atom. The van der Waals surface area contributed by atoms with Crippen molar-refractivity contribution < 1.29 is 14.8 Å². The Labute approximate surface area is 61.6 Å². The minimum absolute atomic E-state index is 0.289. The zero-order chi connectivity index (χ0) is 7.98. The van der Waals surface area contributed by atoms with E-state index < -0.39 is 5.97 Å². The van der Waals surface area contributed by atoms with Crippen LogP contribution in [0.3, 0.4) is 0 Å². The molecule has 0 spiro atoms. The fraction of sp³-hybridized carbons (Fsp3) is 0.857. The molecule has 0 aliphatic heterocycles. The van der Waals surface area contributed by atoms with Gasteiger partial charge in [0.15, 0.2) is 0 Å². The second-order valence-corrected chi connectivity index (χ2v) is 2.35. The monoisotopic (exact) mass is 146 g/mol. The minimum atomic E-state index is -0.695. The van der Waals surface area contributed by atoms with Crippen molar-refractivity contribution in [3.05, 3.63) is 0 Å². The Bertz CT molecular complexity index is 99.8. The molecule has 0 amide bonds. The lowest BCUT2D eigenvalue weighted by Crippen LogP contribution is -3.11. The van der Waals surface area contributed by atoms with Gasteiger partial charge in [0.2, 0.25) is 0 Å². The summed E-state index contributed by atoms with van der Waals surface area (Å²) in [6.45, 7) is 6.93. The molecule has 0 aromatic carbocycles.